The van der Waals surface area contributed by atoms with Gasteiger partial charge in [-0.25, -0.2) is 0 Å². The molecule has 2 amide bonds. The fraction of sp³-hybridized carbons (Fsp3) is 0.474. The maximum atomic E-state index is 12.6. The van der Waals surface area contributed by atoms with Crippen LogP contribution in [0.2, 0.25) is 0 Å². The lowest BCUT2D eigenvalue weighted by molar-refractivity contribution is -0.133. The molecule has 0 spiro atoms. The number of amides is 2. The normalized spacial score (nSPS) is 14.8. The minimum atomic E-state index is 0.00234. The van der Waals surface area contributed by atoms with Crippen LogP contribution >= 0.6 is 11.8 Å². The van der Waals surface area contributed by atoms with Crippen LogP contribution in [0.15, 0.2) is 29.4 Å². The quantitative estimate of drug-likeness (QED) is 0.738. The number of hydrogen-bond donors (Lipinski definition) is 1. The minimum absolute atomic E-state index is 0.00234. The Labute approximate surface area is 168 Å². The third kappa shape index (κ3) is 4.46. The van der Waals surface area contributed by atoms with Crippen LogP contribution < -0.4 is 10.1 Å². The Hall–Kier alpha value is -2.55. The van der Waals surface area contributed by atoms with E-state index >= 15 is 0 Å². The monoisotopic (exact) mass is 403 g/mol. The fourth-order valence-corrected chi connectivity index (χ4v) is 4.18. The number of aryl methyl sites for hydroxylation is 1. The molecule has 0 bridgehead atoms. The summed E-state index contributed by atoms with van der Waals surface area (Å²) in [5.41, 5.74) is 0.921. The van der Waals surface area contributed by atoms with Crippen LogP contribution in [-0.4, -0.2) is 64.5 Å². The summed E-state index contributed by atoms with van der Waals surface area (Å²) in [5, 5.41) is 11.7. The number of benzene rings is 1. The molecule has 1 saturated heterocycles. The van der Waals surface area contributed by atoms with E-state index in [0.717, 1.165) is 17.3 Å². The van der Waals surface area contributed by atoms with Crippen LogP contribution in [0.4, 0.5) is 0 Å². The van der Waals surface area contributed by atoms with E-state index < -0.39 is 0 Å². The maximum absolute atomic E-state index is 12.6. The van der Waals surface area contributed by atoms with E-state index in [0.29, 0.717) is 36.8 Å². The Morgan fingerprint density at radius 1 is 1.21 bits per heavy atom. The van der Waals surface area contributed by atoms with Crippen molar-refractivity contribution in [1.82, 2.24) is 25.0 Å². The Morgan fingerprint density at radius 3 is 2.50 bits per heavy atom. The summed E-state index contributed by atoms with van der Waals surface area (Å²) >= 11 is 1.37. The molecule has 3 rings (SSSR count). The average molecular weight is 404 g/mol. The van der Waals surface area contributed by atoms with Crippen LogP contribution in [0, 0.1) is 12.8 Å². The Kier molecular flexibility index (Phi) is 6.56. The summed E-state index contributed by atoms with van der Waals surface area (Å²) in [6.07, 6.45) is 1.41. The SMILES string of the molecule is CNC(=O)C1CCN(C(=O)CSc2nnc(C)n2-c2ccc(OC)cc2)CC1. The molecule has 0 atom stereocenters. The second kappa shape index (κ2) is 9.09. The Bertz CT molecular complexity index is 829. The Morgan fingerprint density at radius 2 is 1.89 bits per heavy atom. The Balaban J connectivity index is 1.61. The van der Waals surface area contributed by atoms with Crippen molar-refractivity contribution in [3.05, 3.63) is 30.1 Å². The second-order valence-corrected chi connectivity index (χ2v) is 7.56. The van der Waals surface area contributed by atoms with E-state index in [1.807, 2.05) is 40.7 Å². The highest BCUT2D eigenvalue weighted by atomic mass is 32.2. The van der Waals surface area contributed by atoms with Gasteiger partial charge in [-0.2, -0.15) is 0 Å². The first-order valence-corrected chi connectivity index (χ1v) is 10.2. The molecule has 0 aliphatic carbocycles. The number of thioether (sulfide) groups is 1. The lowest BCUT2D eigenvalue weighted by atomic mass is 9.96. The van der Waals surface area contributed by atoms with Gasteiger partial charge in [0, 0.05) is 31.7 Å². The summed E-state index contributed by atoms with van der Waals surface area (Å²) < 4.78 is 7.13. The number of aromatic nitrogens is 3. The van der Waals surface area contributed by atoms with Gasteiger partial charge in [0.1, 0.15) is 11.6 Å². The van der Waals surface area contributed by atoms with Crippen LogP contribution in [-0.2, 0) is 9.59 Å². The van der Waals surface area contributed by atoms with Crippen molar-refractivity contribution in [3.8, 4) is 11.4 Å². The first kappa shape index (κ1) is 20.2. The van der Waals surface area contributed by atoms with E-state index in [-0.39, 0.29) is 17.7 Å². The zero-order valence-electron chi connectivity index (χ0n) is 16.3. The summed E-state index contributed by atoms with van der Waals surface area (Å²) in [5.74, 6) is 1.94. The number of methoxy groups -OCH3 is 1. The van der Waals surface area contributed by atoms with Gasteiger partial charge in [-0.15, -0.1) is 10.2 Å². The molecule has 1 fully saturated rings. The lowest BCUT2D eigenvalue weighted by Crippen LogP contribution is -2.43. The highest BCUT2D eigenvalue weighted by Gasteiger charge is 2.27. The molecular formula is C19H25N5O3S. The second-order valence-electron chi connectivity index (χ2n) is 6.62. The smallest absolute Gasteiger partial charge is 0.233 e. The molecule has 0 radical (unpaired) electrons. The molecule has 1 aliphatic rings. The van der Waals surface area contributed by atoms with Gasteiger partial charge in [-0.1, -0.05) is 11.8 Å². The minimum Gasteiger partial charge on any atom is -0.497 e. The lowest BCUT2D eigenvalue weighted by Gasteiger charge is -2.31. The molecule has 1 N–H and O–H groups in total. The number of hydrogen-bond acceptors (Lipinski definition) is 6. The molecule has 28 heavy (non-hydrogen) atoms. The van der Waals surface area contributed by atoms with Crippen LogP contribution in [0.3, 0.4) is 0 Å². The molecule has 0 unspecified atom stereocenters. The molecule has 150 valence electrons. The summed E-state index contributed by atoms with van der Waals surface area (Å²) in [7, 11) is 3.28. The van der Waals surface area contributed by atoms with E-state index in [2.05, 4.69) is 15.5 Å². The summed E-state index contributed by atoms with van der Waals surface area (Å²) in [6, 6.07) is 7.63. The van der Waals surface area contributed by atoms with Crippen LogP contribution in [0.5, 0.6) is 5.75 Å². The zero-order valence-corrected chi connectivity index (χ0v) is 17.2. The molecular weight excluding hydrogens is 378 g/mol. The topological polar surface area (TPSA) is 89.4 Å². The molecule has 9 heteroatoms. The molecule has 1 aromatic carbocycles. The van der Waals surface area contributed by atoms with Crippen molar-refractivity contribution in [1.29, 1.82) is 0 Å². The number of carbonyl (C=O) groups is 2. The van der Waals surface area contributed by atoms with Gasteiger partial charge >= 0.3 is 0 Å². The van der Waals surface area contributed by atoms with Crippen molar-refractivity contribution in [2.45, 2.75) is 24.9 Å². The van der Waals surface area contributed by atoms with E-state index in [1.54, 1.807) is 14.2 Å². The highest BCUT2D eigenvalue weighted by Crippen LogP contribution is 2.25. The van der Waals surface area contributed by atoms with E-state index in [1.165, 1.54) is 11.8 Å². The maximum Gasteiger partial charge on any atom is 0.233 e. The third-order valence-electron chi connectivity index (χ3n) is 4.92. The number of nitrogens with zero attached hydrogens (tertiary/aromatic N) is 4. The van der Waals surface area contributed by atoms with Gasteiger partial charge in [0.05, 0.1) is 12.9 Å². The van der Waals surface area contributed by atoms with Gasteiger partial charge in [0.2, 0.25) is 11.8 Å². The van der Waals surface area contributed by atoms with Gasteiger partial charge in [0.15, 0.2) is 5.16 Å². The number of likely N-dealkylation sites (tertiary alicyclic amines) is 1. The third-order valence-corrected chi connectivity index (χ3v) is 5.83. The standard InChI is InChI=1S/C19H25N5O3S/c1-13-21-22-19(24(13)15-4-6-16(27-3)7-5-15)28-12-17(25)23-10-8-14(9-11-23)18(26)20-2/h4-7,14H,8-12H2,1-3H3,(H,20,26). The predicted molar refractivity (Wildman–Crippen MR) is 107 cm³/mol. The van der Waals surface area contributed by atoms with E-state index in [4.69, 9.17) is 4.74 Å². The first-order chi connectivity index (χ1) is 13.5. The van der Waals surface area contributed by atoms with Crippen molar-refractivity contribution in [2.75, 3.05) is 33.0 Å². The zero-order chi connectivity index (χ0) is 20.1. The molecule has 8 nitrogen and oxygen atoms in total. The summed E-state index contributed by atoms with van der Waals surface area (Å²) in [6.45, 7) is 3.11. The molecule has 2 aromatic rings. The summed E-state index contributed by atoms with van der Waals surface area (Å²) in [4.78, 5) is 26.1. The van der Waals surface area contributed by atoms with Gasteiger partial charge < -0.3 is 15.0 Å². The number of carbonyl (C=O) groups excluding carboxylic acids is 2. The van der Waals surface area contributed by atoms with E-state index in [9.17, 15) is 9.59 Å². The molecule has 0 saturated carbocycles. The van der Waals surface area contributed by atoms with Gasteiger partial charge in [-0.3, -0.25) is 14.2 Å². The largest absolute Gasteiger partial charge is 0.497 e. The van der Waals surface area contributed by atoms with Crippen molar-refractivity contribution in [3.63, 3.8) is 0 Å². The van der Waals surface area contributed by atoms with Crippen molar-refractivity contribution >= 4 is 23.6 Å². The first-order valence-electron chi connectivity index (χ1n) is 9.22. The van der Waals surface area contributed by atoms with Gasteiger partial charge in [0.25, 0.3) is 0 Å². The predicted octanol–water partition coefficient (Wildman–Crippen LogP) is 1.66. The van der Waals surface area contributed by atoms with Crippen LogP contribution in [0.1, 0.15) is 18.7 Å². The highest BCUT2D eigenvalue weighted by molar-refractivity contribution is 7.99. The molecule has 1 aliphatic heterocycles. The van der Waals surface area contributed by atoms with Crippen molar-refractivity contribution in [2.24, 2.45) is 5.92 Å². The fourth-order valence-electron chi connectivity index (χ4n) is 3.28. The number of piperidine rings is 1. The number of nitrogens with one attached hydrogen (secondary N) is 1. The van der Waals surface area contributed by atoms with Gasteiger partial charge in [-0.05, 0) is 44.0 Å². The number of rotatable bonds is 6. The molecule has 1 aromatic heterocycles. The number of ether oxygens (including phenoxy) is 1. The van der Waals surface area contributed by atoms with Crippen LogP contribution in [0.25, 0.3) is 5.69 Å². The average Bonchev–Trinajstić information content (AvgIpc) is 3.11. The molecule has 2 heterocycles. The van der Waals surface area contributed by atoms with Crippen molar-refractivity contribution < 1.29 is 14.3 Å².